The van der Waals surface area contributed by atoms with E-state index in [9.17, 15) is 0 Å². The minimum atomic E-state index is 0.213. The average Bonchev–Trinajstić information content (AvgIpc) is 2.62. The molecule has 2 nitrogen and oxygen atoms in total. The number of benzene rings is 1. The van der Waals surface area contributed by atoms with Crippen molar-refractivity contribution in [2.45, 2.75) is 25.3 Å². The Bertz CT molecular complexity index is 569. The molecule has 0 amide bonds. The molecule has 132 valence electrons. The van der Waals surface area contributed by atoms with Crippen LogP contribution in [0.1, 0.15) is 30.9 Å². The number of hydrogen-bond donors (Lipinski definition) is 1. The molecule has 1 atom stereocenters. The molecule has 0 saturated heterocycles. The average molecular weight is 383 g/mol. The Morgan fingerprint density at radius 2 is 2.00 bits per heavy atom. The molecular weight excluding hydrogens is 356 g/mol. The Morgan fingerprint density at radius 1 is 1.25 bits per heavy atom. The molecule has 0 aromatic heterocycles. The summed E-state index contributed by atoms with van der Waals surface area (Å²) < 4.78 is 2.30. The van der Waals surface area contributed by atoms with Gasteiger partial charge in [-0.15, -0.1) is 0 Å². The Hall–Kier alpha value is -0.550. The van der Waals surface area contributed by atoms with Crippen molar-refractivity contribution < 1.29 is 0 Å². The van der Waals surface area contributed by atoms with Crippen molar-refractivity contribution in [1.82, 2.24) is 9.62 Å². The molecule has 0 fully saturated rings. The van der Waals surface area contributed by atoms with Crippen LogP contribution >= 0.6 is 35.3 Å². The largest absolute Gasteiger partial charge is 0.323 e. The third-order valence-electron chi connectivity index (χ3n) is 4.22. The van der Waals surface area contributed by atoms with Gasteiger partial charge < -0.3 is 9.62 Å². The second-order valence-electron chi connectivity index (χ2n) is 5.81. The smallest absolute Gasteiger partial charge is 0.0594 e. The van der Waals surface area contributed by atoms with Gasteiger partial charge in [-0.2, -0.15) is 11.8 Å². The van der Waals surface area contributed by atoms with Crippen LogP contribution in [-0.2, 0) is 0 Å². The molecule has 5 heteroatoms. The number of nitrogens with one attached hydrogen (secondary N) is 1. The maximum absolute atomic E-state index is 6.09. The summed E-state index contributed by atoms with van der Waals surface area (Å²) in [7, 11) is 2.16. The van der Waals surface area contributed by atoms with Crippen LogP contribution in [0.4, 0.5) is 0 Å². The number of halogens is 1. The second kappa shape index (κ2) is 10.4. The molecule has 1 aromatic carbocycles. The third-order valence-corrected chi connectivity index (χ3v) is 5.94. The summed E-state index contributed by atoms with van der Waals surface area (Å²) in [4.78, 5) is 0. The number of nitrogens with zero attached hydrogens (tertiary/aromatic N) is 1. The molecule has 0 aliphatic heterocycles. The van der Waals surface area contributed by atoms with E-state index in [0.29, 0.717) is 0 Å². The van der Waals surface area contributed by atoms with Gasteiger partial charge in [-0.25, -0.2) is 0 Å². The molecule has 1 aliphatic carbocycles. The fourth-order valence-electron chi connectivity index (χ4n) is 2.91. The van der Waals surface area contributed by atoms with Crippen LogP contribution < -0.4 is 5.32 Å². The number of hydrogen-bond acceptors (Lipinski definition) is 4. The molecule has 0 bridgehead atoms. The highest BCUT2D eigenvalue weighted by atomic mass is 35.5. The molecule has 1 unspecified atom stereocenters. The highest BCUT2D eigenvalue weighted by Crippen LogP contribution is 2.34. The van der Waals surface area contributed by atoms with Crippen LogP contribution in [0, 0.1) is 0 Å². The summed E-state index contributed by atoms with van der Waals surface area (Å²) >= 11 is 9.76. The molecule has 0 spiro atoms. The van der Waals surface area contributed by atoms with Gasteiger partial charge in [0.1, 0.15) is 0 Å². The van der Waals surface area contributed by atoms with Gasteiger partial charge in [-0.3, -0.25) is 0 Å². The molecule has 0 saturated carbocycles. The van der Waals surface area contributed by atoms with E-state index in [2.05, 4.69) is 53.5 Å². The molecule has 2 rings (SSSR count). The van der Waals surface area contributed by atoms with Gasteiger partial charge in [0.05, 0.1) is 6.04 Å². The standard InChI is InChI=1S/C19H27ClN2S2/c1-22(24-3)18-8-5-4-7-17(18)19(21-13-6-14-23-2)15-9-11-16(20)12-10-15/h4,7,9-12,19,21H,5-6,8,13-14H2,1-3H3. The van der Waals surface area contributed by atoms with Crippen molar-refractivity contribution in [2.75, 3.05) is 31.9 Å². The van der Waals surface area contributed by atoms with Gasteiger partial charge in [0, 0.05) is 24.0 Å². The summed E-state index contributed by atoms with van der Waals surface area (Å²) in [6, 6.07) is 8.46. The lowest BCUT2D eigenvalue weighted by Crippen LogP contribution is -2.27. The van der Waals surface area contributed by atoms with E-state index in [0.717, 1.165) is 24.4 Å². The minimum absolute atomic E-state index is 0.213. The van der Waals surface area contributed by atoms with E-state index in [1.807, 2.05) is 23.9 Å². The zero-order valence-corrected chi connectivity index (χ0v) is 17.1. The number of thioether (sulfide) groups is 1. The van der Waals surface area contributed by atoms with E-state index in [-0.39, 0.29) is 6.04 Å². The van der Waals surface area contributed by atoms with E-state index in [1.54, 1.807) is 11.9 Å². The lowest BCUT2D eigenvalue weighted by atomic mass is 9.92. The SMILES string of the molecule is CSCCCNC(C1=C(N(C)SC)CCC=C1)c1ccc(Cl)cc1. The molecule has 24 heavy (non-hydrogen) atoms. The maximum Gasteiger partial charge on any atom is 0.0594 e. The predicted octanol–water partition coefficient (Wildman–Crippen LogP) is 5.54. The van der Waals surface area contributed by atoms with Gasteiger partial charge >= 0.3 is 0 Å². The number of allylic oxidation sites excluding steroid dienone is 2. The molecule has 1 aliphatic rings. The first-order chi connectivity index (χ1) is 11.7. The Kier molecular flexibility index (Phi) is 8.60. The first-order valence-corrected chi connectivity index (χ1v) is 11.3. The van der Waals surface area contributed by atoms with Crippen LogP contribution in [0.15, 0.2) is 47.7 Å². The van der Waals surface area contributed by atoms with Crippen molar-refractivity contribution in [3.63, 3.8) is 0 Å². The fourth-order valence-corrected chi connectivity index (χ4v) is 3.88. The van der Waals surface area contributed by atoms with Crippen molar-refractivity contribution in [1.29, 1.82) is 0 Å². The van der Waals surface area contributed by atoms with Crippen LogP contribution in [0.5, 0.6) is 0 Å². The van der Waals surface area contributed by atoms with Crippen molar-refractivity contribution in [3.05, 3.63) is 58.3 Å². The van der Waals surface area contributed by atoms with Crippen molar-refractivity contribution in [3.8, 4) is 0 Å². The van der Waals surface area contributed by atoms with Crippen LogP contribution in [0.2, 0.25) is 5.02 Å². The maximum atomic E-state index is 6.09. The first kappa shape index (κ1) is 19.8. The predicted molar refractivity (Wildman–Crippen MR) is 112 cm³/mol. The second-order valence-corrected chi connectivity index (χ2v) is 8.14. The van der Waals surface area contributed by atoms with E-state index >= 15 is 0 Å². The lowest BCUT2D eigenvalue weighted by molar-refractivity contribution is 0.560. The van der Waals surface area contributed by atoms with Gasteiger partial charge in [-0.05, 0) is 61.1 Å². The van der Waals surface area contributed by atoms with E-state index in [4.69, 9.17) is 11.6 Å². The zero-order chi connectivity index (χ0) is 17.4. The van der Waals surface area contributed by atoms with Gasteiger partial charge in [0.2, 0.25) is 0 Å². The van der Waals surface area contributed by atoms with Crippen LogP contribution in [0.25, 0.3) is 0 Å². The monoisotopic (exact) mass is 382 g/mol. The molecule has 1 aromatic rings. The molecular formula is C19H27ClN2S2. The summed E-state index contributed by atoms with van der Waals surface area (Å²) in [6.07, 6.45) is 12.3. The summed E-state index contributed by atoms with van der Waals surface area (Å²) in [5.41, 5.74) is 4.07. The molecule has 0 heterocycles. The summed E-state index contributed by atoms with van der Waals surface area (Å²) in [5.74, 6) is 1.19. The quantitative estimate of drug-likeness (QED) is 0.445. The van der Waals surface area contributed by atoms with Crippen LogP contribution in [-0.4, -0.2) is 36.2 Å². The van der Waals surface area contributed by atoms with Gasteiger partial charge in [-0.1, -0.05) is 47.8 Å². The number of rotatable bonds is 9. The van der Waals surface area contributed by atoms with Crippen molar-refractivity contribution >= 4 is 35.3 Å². The normalized spacial score (nSPS) is 15.7. The third kappa shape index (κ3) is 5.48. The van der Waals surface area contributed by atoms with Crippen molar-refractivity contribution in [2.24, 2.45) is 0 Å². The fraction of sp³-hybridized carbons (Fsp3) is 0.474. The minimum Gasteiger partial charge on any atom is -0.323 e. The summed E-state index contributed by atoms with van der Waals surface area (Å²) in [6.45, 7) is 1.02. The molecule has 1 N–H and O–H groups in total. The van der Waals surface area contributed by atoms with Gasteiger partial charge in [0.25, 0.3) is 0 Å². The highest BCUT2D eigenvalue weighted by Gasteiger charge is 2.22. The first-order valence-electron chi connectivity index (χ1n) is 8.32. The Balaban J connectivity index is 2.30. The molecule has 0 radical (unpaired) electrons. The topological polar surface area (TPSA) is 15.3 Å². The van der Waals surface area contributed by atoms with E-state index in [1.165, 1.54) is 29.0 Å². The van der Waals surface area contributed by atoms with E-state index < -0.39 is 0 Å². The van der Waals surface area contributed by atoms with Gasteiger partial charge in [0.15, 0.2) is 0 Å². The Labute approximate surface area is 160 Å². The van der Waals surface area contributed by atoms with Crippen LogP contribution in [0.3, 0.4) is 0 Å². The highest BCUT2D eigenvalue weighted by molar-refractivity contribution is 7.98. The zero-order valence-electron chi connectivity index (χ0n) is 14.7. The Morgan fingerprint density at radius 3 is 2.67 bits per heavy atom. The lowest BCUT2D eigenvalue weighted by Gasteiger charge is -2.30. The summed E-state index contributed by atoms with van der Waals surface area (Å²) in [5, 5.41) is 4.55.